The van der Waals surface area contributed by atoms with Crippen LogP contribution in [0.5, 0.6) is 0 Å². The van der Waals surface area contributed by atoms with Crippen molar-refractivity contribution in [1.29, 1.82) is 0 Å². The fourth-order valence-electron chi connectivity index (χ4n) is 1.66. The first-order valence-electron chi connectivity index (χ1n) is 4.91. The van der Waals surface area contributed by atoms with Gasteiger partial charge in [0.15, 0.2) is 5.65 Å². The van der Waals surface area contributed by atoms with Crippen molar-refractivity contribution >= 4 is 45.7 Å². The normalized spacial score (nSPS) is 11.2. The van der Waals surface area contributed by atoms with Gasteiger partial charge < -0.3 is 4.98 Å². The second-order valence-corrected chi connectivity index (χ2v) is 5.94. The van der Waals surface area contributed by atoms with Gasteiger partial charge in [0.1, 0.15) is 10.2 Å². The van der Waals surface area contributed by atoms with Gasteiger partial charge >= 0.3 is 0 Å². The van der Waals surface area contributed by atoms with Crippen molar-refractivity contribution in [1.82, 2.24) is 15.0 Å². The number of nitrogens with zero attached hydrogens (tertiary/aromatic N) is 2. The van der Waals surface area contributed by atoms with Crippen LogP contribution in [-0.2, 0) is 0 Å². The molecule has 0 aliphatic rings. The molecule has 3 heterocycles. The van der Waals surface area contributed by atoms with E-state index >= 15 is 0 Å². The topological polar surface area (TPSA) is 41.6 Å². The van der Waals surface area contributed by atoms with Gasteiger partial charge in [-0.15, -0.1) is 11.3 Å². The third kappa shape index (κ3) is 1.82. The summed E-state index contributed by atoms with van der Waals surface area (Å²) >= 11 is 13.4. The van der Waals surface area contributed by atoms with Crippen molar-refractivity contribution < 1.29 is 0 Å². The molecule has 1 N–H and O–H groups in total. The van der Waals surface area contributed by atoms with E-state index in [0.29, 0.717) is 20.1 Å². The lowest BCUT2D eigenvalue weighted by molar-refractivity contribution is 1.30. The van der Waals surface area contributed by atoms with Gasteiger partial charge in [-0.3, -0.25) is 0 Å². The van der Waals surface area contributed by atoms with E-state index in [1.54, 1.807) is 6.20 Å². The molecule has 0 aliphatic carbocycles. The van der Waals surface area contributed by atoms with E-state index in [1.807, 2.05) is 19.1 Å². The highest BCUT2D eigenvalue weighted by Crippen LogP contribution is 2.37. The van der Waals surface area contributed by atoms with Gasteiger partial charge in [-0.1, -0.05) is 23.2 Å². The molecular formula is C11H7Cl2N3S. The van der Waals surface area contributed by atoms with Crippen LogP contribution in [0, 0.1) is 6.92 Å². The zero-order valence-corrected chi connectivity index (χ0v) is 11.1. The minimum absolute atomic E-state index is 0.631. The first-order valence-corrected chi connectivity index (χ1v) is 6.49. The van der Waals surface area contributed by atoms with Crippen molar-refractivity contribution in [3.8, 4) is 11.4 Å². The number of hydrogen-bond donors (Lipinski definition) is 1. The number of rotatable bonds is 1. The Hall–Kier alpha value is -1.10. The predicted molar refractivity (Wildman–Crippen MR) is 72.0 cm³/mol. The van der Waals surface area contributed by atoms with Crippen LogP contribution in [0.3, 0.4) is 0 Å². The van der Waals surface area contributed by atoms with Crippen molar-refractivity contribution in [3.63, 3.8) is 0 Å². The molecule has 0 bridgehead atoms. The Morgan fingerprint density at radius 3 is 2.82 bits per heavy atom. The van der Waals surface area contributed by atoms with Crippen LogP contribution in [-0.4, -0.2) is 15.0 Å². The second-order valence-electron chi connectivity index (χ2n) is 3.65. The molecule has 0 radical (unpaired) electrons. The van der Waals surface area contributed by atoms with Crippen LogP contribution < -0.4 is 0 Å². The molecule has 0 saturated carbocycles. The number of pyridine rings is 1. The van der Waals surface area contributed by atoms with Crippen LogP contribution in [0.4, 0.5) is 0 Å². The van der Waals surface area contributed by atoms with E-state index in [-0.39, 0.29) is 0 Å². The maximum absolute atomic E-state index is 6.10. The molecule has 0 atom stereocenters. The lowest BCUT2D eigenvalue weighted by Crippen LogP contribution is -1.78. The first-order chi connectivity index (χ1) is 8.15. The lowest BCUT2D eigenvalue weighted by Gasteiger charge is -1.91. The van der Waals surface area contributed by atoms with Gasteiger partial charge in [-0.05, 0) is 24.6 Å². The number of nitrogens with one attached hydrogen (secondary N) is 1. The largest absolute Gasteiger partial charge is 0.336 e. The van der Waals surface area contributed by atoms with Crippen molar-refractivity contribution in [2.24, 2.45) is 0 Å². The monoisotopic (exact) mass is 283 g/mol. The highest BCUT2D eigenvalue weighted by Gasteiger charge is 2.13. The van der Waals surface area contributed by atoms with Crippen LogP contribution in [0.25, 0.3) is 22.6 Å². The van der Waals surface area contributed by atoms with Gasteiger partial charge in [0.05, 0.1) is 9.85 Å². The summed E-state index contributed by atoms with van der Waals surface area (Å²) in [5.74, 6) is 0.704. The summed E-state index contributed by atoms with van der Waals surface area (Å²) in [6.45, 7) is 2.01. The average molecular weight is 284 g/mol. The van der Waals surface area contributed by atoms with Crippen LogP contribution in [0.15, 0.2) is 18.3 Å². The number of H-pyrrole nitrogens is 1. The van der Waals surface area contributed by atoms with E-state index in [2.05, 4.69) is 15.0 Å². The molecule has 0 amide bonds. The molecule has 0 saturated heterocycles. The summed E-state index contributed by atoms with van der Waals surface area (Å²) in [5.41, 5.74) is 3.55. The molecular weight excluding hydrogens is 277 g/mol. The maximum Gasteiger partial charge on any atom is 0.178 e. The van der Waals surface area contributed by atoms with Crippen molar-refractivity contribution in [2.45, 2.75) is 6.92 Å². The summed E-state index contributed by atoms with van der Waals surface area (Å²) in [5, 5.41) is 0. The molecule has 3 nitrogen and oxygen atoms in total. The second kappa shape index (κ2) is 3.98. The number of thiophene rings is 1. The van der Waals surface area contributed by atoms with Crippen LogP contribution in [0.1, 0.15) is 5.56 Å². The SMILES string of the molecule is Cc1ccnc2nc(-c3cc(Cl)sc3Cl)[nH]c12. The Balaban J connectivity index is 2.25. The van der Waals surface area contributed by atoms with Crippen molar-refractivity contribution in [3.05, 3.63) is 32.6 Å². The Labute approximate surface area is 111 Å². The van der Waals surface area contributed by atoms with Crippen molar-refractivity contribution in [2.75, 3.05) is 0 Å². The van der Waals surface area contributed by atoms with E-state index in [9.17, 15) is 0 Å². The molecule has 3 aromatic heterocycles. The summed E-state index contributed by atoms with van der Waals surface area (Å²) < 4.78 is 1.28. The Kier molecular flexibility index (Phi) is 2.58. The molecule has 86 valence electrons. The Bertz CT molecular complexity index is 702. The van der Waals surface area contributed by atoms with Crippen LogP contribution >= 0.6 is 34.5 Å². The third-order valence-electron chi connectivity index (χ3n) is 2.51. The fourth-order valence-corrected chi connectivity index (χ4v) is 3.13. The number of halogens is 2. The molecule has 0 fully saturated rings. The van der Waals surface area contributed by atoms with Gasteiger partial charge in [0.2, 0.25) is 0 Å². The minimum Gasteiger partial charge on any atom is -0.336 e. The minimum atomic E-state index is 0.631. The average Bonchev–Trinajstić information content (AvgIpc) is 2.82. The molecule has 0 aromatic carbocycles. The smallest absolute Gasteiger partial charge is 0.178 e. The zero-order chi connectivity index (χ0) is 12.0. The van der Waals surface area contributed by atoms with Crippen LogP contribution in [0.2, 0.25) is 8.67 Å². The van der Waals surface area contributed by atoms with Gasteiger partial charge in [-0.25, -0.2) is 9.97 Å². The standard InChI is InChI=1S/C11H7Cl2N3S/c1-5-2-3-14-11-8(5)15-10(16-11)6-4-7(12)17-9(6)13/h2-4H,1H3,(H,14,15,16). The number of aromatic nitrogens is 3. The zero-order valence-electron chi connectivity index (χ0n) is 8.79. The summed E-state index contributed by atoms with van der Waals surface area (Å²) in [6, 6.07) is 3.74. The Morgan fingerprint density at radius 2 is 2.18 bits per heavy atom. The highest BCUT2D eigenvalue weighted by molar-refractivity contribution is 7.20. The number of aryl methyl sites for hydroxylation is 1. The van der Waals surface area contributed by atoms with E-state index in [1.165, 1.54) is 11.3 Å². The summed E-state index contributed by atoms with van der Waals surface area (Å²) in [4.78, 5) is 11.8. The Morgan fingerprint density at radius 1 is 1.35 bits per heavy atom. The molecule has 0 aliphatic heterocycles. The van der Waals surface area contributed by atoms with E-state index in [4.69, 9.17) is 23.2 Å². The van der Waals surface area contributed by atoms with Gasteiger partial charge in [0, 0.05) is 11.8 Å². The van der Waals surface area contributed by atoms with Gasteiger partial charge in [0.25, 0.3) is 0 Å². The number of hydrogen-bond acceptors (Lipinski definition) is 3. The molecule has 6 heteroatoms. The summed E-state index contributed by atoms with van der Waals surface area (Å²) in [7, 11) is 0. The predicted octanol–water partition coefficient (Wildman–Crippen LogP) is 4.30. The lowest BCUT2D eigenvalue weighted by atomic mass is 10.3. The number of fused-ring (bicyclic) bond motifs is 1. The fraction of sp³-hybridized carbons (Fsp3) is 0.0909. The van der Waals surface area contributed by atoms with E-state index in [0.717, 1.165) is 16.6 Å². The number of aromatic amines is 1. The molecule has 17 heavy (non-hydrogen) atoms. The van der Waals surface area contributed by atoms with E-state index < -0.39 is 0 Å². The molecule has 0 unspecified atom stereocenters. The number of imidazole rings is 1. The molecule has 0 spiro atoms. The molecule has 3 aromatic rings. The quantitative estimate of drug-likeness (QED) is 0.723. The van der Waals surface area contributed by atoms with Gasteiger partial charge in [-0.2, -0.15) is 0 Å². The highest BCUT2D eigenvalue weighted by atomic mass is 35.5. The third-order valence-corrected chi connectivity index (χ3v) is 4.00. The first kappa shape index (κ1) is 11.0. The maximum atomic E-state index is 6.10. The summed E-state index contributed by atoms with van der Waals surface area (Å²) in [6.07, 6.45) is 1.74. The molecule has 3 rings (SSSR count).